The molecule has 1 aliphatic heterocycles. The fourth-order valence-corrected chi connectivity index (χ4v) is 2.80. The van der Waals surface area contributed by atoms with Gasteiger partial charge in [0, 0.05) is 12.7 Å². The second-order valence-corrected chi connectivity index (χ2v) is 4.99. The van der Waals surface area contributed by atoms with Crippen molar-refractivity contribution in [3.63, 3.8) is 0 Å². The van der Waals surface area contributed by atoms with E-state index in [1.807, 2.05) is 6.07 Å². The Bertz CT molecular complexity index is 386. The first-order valence-corrected chi connectivity index (χ1v) is 6.64. The first kappa shape index (κ1) is 13.4. The molecule has 2 rings (SSSR count). The van der Waals surface area contributed by atoms with Crippen molar-refractivity contribution in [1.82, 2.24) is 5.32 Å². The summed E-state index contributed by atoms with van der Waals surface area (Å²) in [6.45, 7) is 4.27. The van der Waals surface area contributed by atoms with Crippen molar-refractivity contribution in [3.8, 4) is 5.75 Å². The number of benzene rings is 1. The summed E-state index contributed by atoms with van der Waals surface area (Å²) in [5.41, 5.74) is 2.44. The molecule has 1 aromatic rings. The second kappa shape index (κ2) is 6.21. The van der Waals surface area contributed by atoms with E-state index in [1.54, 1.807) is 14.2 Å². The quantitative estimate of drug-likeness (QED) is 0.890. The lowest BCUT2D eigenvalue weighted by atomic mass is 9.87. The number of methoxy groups -OCH3 is 2. The fraction of sp³-hybridized carbons (Fsp3) is 0.600. The molecule has 1 saturated heterocycles. The van der Waals surface area contributed by atoms with Crippen LogP contribution in [0.15, 0.2) is 18.2 Å². The Balaban J connectivity index is 2.27. The molecule has 0 bridgehead atoms. The molecule has 0 radical (unpaired) electrons. The zero-order chi connectivity index (χ0) is 13.0. The summed E-state index contributed by atoms with van der Waals surface area (Å²) in [6.07, 6.45) is 2.47. The Morgan fingerprint density at radius 2 is 1.94 bits per heavy atom. The van der Waals surface area contributed by atoms with Crippen molar-refractivity contribution in [2.24, 2.45) is 5.92 Å². The summed E-state index contributed by atoms with van der Waals surface area (Å²) < 4.78 is 11.2. The minimum Gasteiger partial charge on any atom is -0.496 e. The fourth-order valence-electron chi connectivity index (χ4n) is 2.80. The summed E-state index contributed by atoms with van der Waals surface area (Å²) in [5.74, 6) is 1.51. The van der Waals surface area contributed by atoms with Gasteiger partial charge in [0.2, 0.25) is 0 Å². The smallest absolute Gasteiger partial charge is 0.124 e. The van der Waals surface area contributed by atoms with Crippen LogP contribution in [0.25, 0.3) is 0 Å². The molecule has 0 saturated carbocycles. The lowest BCUT2D eigenvalue weighted by Gasteiger charge is -2.31. The summed E-state index contributed by atoms with van der Waals surface area (Å²) in [4.78, 5) is 0. The first-order chi connectivity index (χ1) is 8.76. The maximum Gasteiger partial charge on any atom is 0.124 e. The van der Waals surface area contributed by atoms with Gasteiger partial charge in [0.25, 0.3) is 0 Å². The van der Waals surface area contributed by atoms with Gasteiger partial charge in [-0.2, -0.15) is 0 Å². The van der Waals surface area contributed by atoms with Crippen molar-refractivity contribution < 1.29 is 9.47 Å². The number of piperidine rings is 1. The number of aryl methyl sites for hydroxylation is 1. The maximum absolute atomic E-state index is 5.77. The average Bonchev–Trinajstić information content (AvgIpc) is 2.41. The lowest BCUT2D eigenvalue weighted by molar-refractivity contribution is 0.0365. The van der Waals surface area contributed by atoms with E-state index < -0.39 is 0 Å². The molecule has 1 unspecified atom stereocenters. The first-order valence-electron chi connectivity index (χ1n) is 6.64. The second-order valence-electron chi connectivity index (χ2n) is 4.99. The summed E-state index contributed by atoms with van der Waals surface area (Å²) >= 11 is 0. The average molecular weight is 249 g/mol. The number of ether oxygens (including phenoxy) is 2. The largest absolute Gasteiger partial charge is 0.496 e. The molecule has 3 heteroatoms. The molecule has 0 spiro atoms. The highest BCUT2D eigenvalue weighted by Gasteiger charge is 2.27. The van der Waals surface area contributed by atoms with Crippen LogP contribution in [0.4, 0.5) is 0 Å². The minimum absolute atomic E-state index is 0.141. The van der Waals surface area contributed by atoms with Crippen LogP contribution < -0.4 is 10.1 Å². The van der Waals surface area contributed by atoms with E-state index in [0.29, 0.717) is 5.92 Å². The van der Waals surface area contributed by atoms with Gasteiger partial charge in [0.05, 0.1) is 13.2 Å². The van der Waals surface area contributed by atoms with Gasteiger partial charge in [0.15, 0.2) is 0 Å². The van der Waals surface area contributed by atoms with Crippen molar-refractivity contribution >= 4 is 0 Å². The van der Waals surface area contributed by atoms with Gasteiger partial charge in [-0.1, -0.05) is 11.6 Å². The third-order valence-electron chi connectivity index (χ3n) is 3.76. The van der Waals surface area contributed by atoms with Crippen molar-refractivity contribution in [3.05, 3.63) is 29.3 Å². The third-order valence-corrected chi connectivity index (χ3v) is 3.76. The molecule has 1 heterocycles. The van der Waals surface area contributed by atoms with E-state index in [9.17, 15) is 0 Å². The SMILES string of the molecule is COc1ccc(C)cc1C(OC)C1CCNCC1. The standard InChI is InChI=1S/C15H23NO2/c1-11-4-5-14(17-2)13(10-11)15(18-3)12-6-8-16-9-7-12/h4-5,10,12,15-16H,6-9H2,1-3H3. The Morgan fingerprint density at radius 1 is 1.22 bits per heavy atom. The van der Waals surface area contributed by atoms with Crippen LogP contribution >= 0.6 is 0 Å². The topological polar surface area (TPSA) is 30.5 Å². The van der Waals surface area contributed by atoms with Crippen molar-refractivity contribution in [1.29, 1.82) is 0 Å². The molecule has 0 aromatic heterocycles. The maximum atomic E-state index is 5.77. The Morgan fingerprint density at radius 3 is 2.56 bits per heavy atom. The van der Waals surface area contributed by atoms with Gasteiger partial charge in [-0.3, -0.25) is 0 Å². The van der Waals surface area contributed by atoms with E-state index in [0.717, 1.165) is 31.7 Å². The van der Waals surface area contributed by atoms with E-state index in [-0.39, 0.29) is 6.10 Å². The minimum atomic E-state index is 0.141. The van der Waals surface area contributed by atoms with Crippen LogP contribution in [0.2, 0.25) is 0 Å². The molecule has 1 fully saturated rings. The number of hydrogen-bond acceptors (Lipinski definition) is 3. The summed E-state index contributed by atoms with van der Waals surface area (Å²) in [5, 5.41) is 3.40. The van der Waals surface area contributed by atoms with Gasteiger partial charge in [-0.05, 0) is 50.9 Å². The van der Waals surface area contributed by atoms with E-state index in [1.165, 1.54) is 11.1 Å². The molecule has 18 heavy (non-hydrogen) atoms. The van der Waals surface area contributed by atoms with Crippen LogP contribution in [0.5, 0.6) is 5.75 Å². The molecule has 1 aliphatic rings. The molecular formula is C15H23NO2. The highest BCUT2D eigenvalue weighted by atomic mass is 16.5. The molecule has 100 valence electrons. The molecule has 1 aromatic carbocycles. The highest BCUT2D eigenvalue weighted by Crippen LogP contribution is 2.37. The zero-order valence-electron chi connectivity index (χ0n) is 11.5. The van der Waals surface area contributed by atoms with Crippen LogP contribution in [0, 0.1) is 12.8 Å². The van der Waals surface area contributed by atoms with Crippen molar-refractivity contribution in [2.75, 3.05) is 27.3 Å². The highest BCUT2D eigenvalue weighted by molar-refractivity contribution is 5.39. The number of rotatable bonds is 4. The molecule has 1 atom stereocenters. The van der Waals surface area contributed by atoms with E-state index >= 15 is 0 Å². The molecular weight excluding hydrogens is 226 g/mol. The monoisotopic (exact) mass is 249 g/mol. The lowest BCUT2D eigenvalue weighted by Crippen LogP contribution is -2.31. The molecule has 3 nitrogen and oxygen atoms in total. The normalized spacial score (nSPS) is 18.6. The van der Waals surface area contributed by atoms with Crippen LogP contribution in [0.3, 0.4) is 0 Å². The predicted octanol–water partition coefficient (Wildman–Crippen LogP) is 2.69. The van der Waals surface area contributed by atoms with E-state index in [2.05, 4.69) is 24.4 Å². The third kappa shape index (κ3) is 2.85. The van der Waals surface area contributed by atoms with Gasteiger partial charge >= 0.3 is 0 Å². The van der Waals surface area contributed by atoms with Gasteiger partial charge in [-0.15, -0.1) is 0 Å². The Hall–Kier alpha value is -1.06. The molecule has 0 amide bonds. The summed E-state index contributed by atoms with van der Waals surface area (Å²) in [6, 6.07) is 6.31. The Kier molecular flexibility index (Phi) is 4.61. The predicted molar refractivity (Wildman–Crippen MR) is 73.1 cm³/mol. The van der Waals surface area contributed by atoms with Crippen LogP contribution in [-0.2, 0) is 4.74 Å². The molecule has 1 N–H and O–H groups in total. The van der Waals surface area contributed by atoms with E-state index in [4.69, 9.17) is 9.47 Å². The van der Waals surface area contributed by atoms with Crippen LogP contribution in [-0.4, -0.2) is 27.3 Å². The van der Waals surface area contributed by atoms with Gasteiger partial charge < -0.3 is 14.8 Å². The summed E-state index contributed by atoms with van der Waals surface area (Å²) in [7, 11) is 3.53. The zero-order valence-corrected chi connectivity index (χ0v) is 11.5. The van der Waals surface area contributed by atoms with Crippen molar-refractivity contribution in [2.45, 2.75) is 25.9 Å². The van der Waals surface area contributed by atoms with Crippen LogP contribution in [0.1, 0.15) is 30.1 Å². The number of nitrogens with one attached hydrogen (secondary N) is 1. The van der Waals surface area contributed by atoms with Gasteiger partial charge in [0.1, 0.15) is 5.75 Å². The Labute approximate surface area is 109 Å². The molecule has 0 aliphatic carbocycles. The van der Waals surface area contributed by atoms with Gasteiger partial charge in [-0.25, -0.2) is 0 Å². The number of hydrogen-bond donors (Lipinski definition) is 1.